The van der Waals surface area contributed by atoms with Crippen LogP contribution in [-0.4, -0.2) is 38.4 Å². The number of benzene rings is 2. The molecule has 2 aromatic carbocycles. The van der Waals surface area contributed by atoms with E-state index in [-0.39, 0.29) is 24.5 Å². The quantitative estimate of drug-likeness (QED) is 0.205. The average molecular weight is 532 g/mol. The van der Waals surface area contributed by atoms with Gasteiger partial charge in [0.15, 0.2) is 11.5 Å². The summed E-state index contributed by atoms with van der Waals surface area (Å²) < 4.78 is 20.8. The van der Waals surface area contributed by atoms with E-state index in [1.54, 1.807) is 18.3 Å². The number of rotatable bonds is 10. The molecule has 1 aliphatic carbocycles. The summed E-state index contributed by atoms with van der Waals surface area (Å²) in [6.45, 7) is 3.19. The fraction of sp³-hybridized carbons (Fsp3) is 0.379. The van der Waals surface area contributed by atoms with E-state index in [1.807, 2.05) is 35.0 Å². The number of hydrogen-bond acceptors (Lipinski definition) is 7. The van der Waals surface area contributed by atoms with Crippen LogP contribution in [0.4, 0.5) is 26.6 Å². The summed E-state index contributed by atoms with van der Waals surface area (Å²) in [6, 6.07) is 16.0. The highest BCUT2D eigenvalue weighted by Crippen LogP contribution is 2.34. The molecule has 5 rings (SSSR count). The molecule has 2 heterocycles. The molecule has 0 aliphatic heterocycles. The van der Waals surface area contributed by atoms with Crippen molar-refractivity contribution in [2.75, 3.05) is 17.2 Å². The van der Waals surface area contributed by atoms with Gasteiger partial charge in [0.05, 0.1) is 11.4 Å². The number of alkyl carbamates (subject to hydrolysis) is 1. The Kier molecular flexibility index (Phi) is 8.50. The molecular formula is C29H34FN7O2. The second kappa shape index (κ2) is 12.6. The van der Waals surface area contributed by atoms with Crippen molar-refractivity contribution < 1.29 is 13.9 Å². The predicted octanol–water partition coefficient (Wildman–Crippen LogP) is 6.33. The first-order chi connectivity index (χ1) is 19.1. The highest BCUT2D eigenvalue weighted by atomic mass is 19.1. The van der Waals surface area contributed by atoms with E-state index in [9.17, 15) is 9.18 Å². The molecule has 0 saturated heterocycles. The molecule has 9 nitrogen and oxygen atoms in total. The monoisotopic (exact) mass is 531 g/mol. The maximum absolute atomic E-state index is 13.4. The smallest absolute Gasteiger partial charge is 0.407 e. The Bertz CT molecular complexity index is 1370. The summed E-state index contributed by atoms with van der Waals surface area (Å²) in [5.41, 5.74) is 2.43. The third kappa shape index (κ3) is 6.81. The molecular weight excluding hydrogens is 497 g/mol. The first-order valence-electron chi connectivity index (χ1n) is 13.6. The maximum atomic E-state index is 13.4. The van der Waals surface area contributed by atoms with Crippen molar-refractivity contribution in [3.8, 4) is 0 Å². The third-order valence-corrected chi connectivity index (χ3v) is 6.95. The molecule has 2 aromatic heterocycles. The Morgan fingerprint density at radius 1 is 1.08 bits per heavy atom. The van der Waals surface area contributed by atoms with E-state index < -0.39 is 6.09 Å². The third-order valence-electron chi connectivity index (χ3n) is 6.95. The van der Waals surface area contributed by atoms with E-state index in [0.717, 1.165) is 67.4 Å². The van der Waals surface area contributed by atoms with Crippen LogP contribution in [0.3, 0.4) is 0 Å². The van der Waals surface area contributed by atoms with Gasteiger partial charge in [-0.05, 0) is 61.9 Å². The standard InChI is InChI=1S/C29H34FN7O2/c1-2-3-17-31-28-32-18-25-26(33-22-11-9-21(30)10-12-22)36-37(27(25)35-28)24-15-13-23(14-16-24)34-29(38)39-19-20-7-5-4-6-8-20/h4-12,18,23-24H,2-3,13-17,19H2,1H3,(H,33,36)(H,34,38)(H,31,32,35). The van der Waals surface area contributed by atoms with Crippen molar-refractivity contribution in [1.29, 1.82) is 0 Å². The molecule has 1 amide bonds. The SMILES string of the molecule is CCCCNc1ncc2c(Nc3ccc(F)cc3)nn(C3CCC(NC(=O)OCc4ccccc4)CC3)c2n1. The minimum absolute atomic E-state index is 0.0454. The molecule has 0 spiro atoms. The lowest BCUT2D eigenvalue weighted by atomic mass is 9.91. The Morgan fingerprint density at radius 2 is 1.85 bits per heavy atom. The minimum atomic E-state index is -0.395. The molecule has 1 saturated carbocycles. The molecule has 39 heavy (non-hydrogen) atoms. The van der Waals surface area contributed by atoms with Crippen molar-refractivity contribution in [1.82, 2.24) is 25.1 Å². The lowest BCUT2D eigenvalue weighted by molar-refractivity contribution is 0.131. The Hall–Kier alpha value is -4.21. The van der Waals surface area contributed by atoms with Crippen molar-refractivity contribution in [2.24, 2.45) is 0 Å². The number of carbonyl (C=O) groups excluding carboxylic acids is 1. The maximum Gasteiger partial charge on any atom is 0.407 e. The number of ether oxygens (including phenoxy) is 1. The lowest BCUT2D eigenvalue weighted by Crippen LogP contribution is -2.38. The molecule has 4 aromatic rings. The van der Waals surface area contributed by atoms with Gasteiger partial charge in [0.2, 0.25) is 5.95 Å². The molecule has 0 bridgehead atoms. The van der Waals surface area contributed by atoms with Crippen molar-refractivity contribution in [3.05, 3.63) is 72.2 Å². The van der Waals surface area contributed by atoms with Gasteiger partial charge in [-0.15, -0.1) is 0 Å². The Balaban J connectivity index is 1.27. The van der Waals surface area contributed by atoms with Gasteiger partial charge >= 0.3 is 6.09 Å². The highest BCUT2D eigenvalue weighted by molar-refractivity contribution is 5.89. The van der Waals surface area contributed by atoms with Crippen LogP contribution < -0.4 is 16.0 Å². The molecule has 204 valence electrons. The van der Waals surface area contributed by atoms with Crippen LogP contribution in [0.15, 0.2) is 60.8 Å². The zero-order chi connectivity index (χ0) is 27.0. The number of anilines is 3. The van der Waals surface area contributed by atoms with Crippen LogP contribution in [0.1, 0.15) is 57.1 Å². The summed E-state index contributed by atoms with van der Waals surface area (Å²) in [4.78, 5) is 21.7. The van der Waals surface area contributed by atoms with Crippen LogP contribution in [0.2, 0.25) is 0 Å². The summed E-state index contributed by atoms with van der Waals surface area (Å²) in [7, 11) is 0. The van der Waals surface area contributed by atoms with E-state index in [2.05, 4.69) is 27.9 Å². The molecule has 0 unspecified atom stereocenters. The summed E-state index contributed by atoms with van der Waals surface area (Å²) in [6.07, 6.45) is 6.77. The number of aromatic nitrogens is 4. The first kappa shape index (κ1) is 26.4. The molecule has 1 aliphatic rings. The molecule has 3 N–H and O–H groups in total. The number of carbonyl (C=O) groups is 1. The summed E-state index contributed by atoms with van der Waals surface area (Å²) in [5, 5.41) is 15.3. The van der Waals surface area contributed by atoms with E-state index in [4.69, 9.17) is 14.8 Å². The normalized spacial score (nSPS) is 17.1. The number of halogens is 1. The fourth-order valence-corrected chi connectivity index (χ4v) is 4.80. The second-order valence-corrected chi connectivity index (χ2v) is 9.85. The minimum Gasteiger partial charge on any atom is -0.445 e. The number of nitrogens with one attached hydrogen (secondary N) is 3. The Morgan fingerprint density at radius 3 is 2.59 bits per heavy atom. The summed E-state index contributed by atoms with van der Waals surface area (Å²) in [5.74, 6) is 0.903. The number of fused-ring (bicyclic) bond motifs is 1. The van der Waals surface area contributed by atoms with Crippen molar-refractivity contribution in [2.45, 2.75) is 64.1 Å². The van der Waals surface area contributed by atoms with Gasteiger partial charge in [0, 0.05) is 24.5 Å². The van der Waals surface area contributed by atoms with Gasteiger partial charge in [-0.3, -0.25) is 0 Å². The number of amides is 1. The van der Waals surface area contributed by atoms with Crippen molar-refractivity contribution >= 4 is 34.6 Å². The van der Waals surface area contributed by atoms with Gasteiger partial charge in [-0.25, -0.2) is 18.9 Å². The Labute approximate surface area is 227 Å². The predicted molar refractivity (Wildman–Crippen MR) is 149 cm³/mol. The summed E-state index contributed by atoms with van der Waals surface area (Å²) >= 11 is 0. The van der Waals surface area contributed by atoms with E-state index >= 15 is 0 Å². The zero-order valence-corrected chi connectivity index (χ0v) is 22.1. The lowest BCUT2D eigenvalue weighted by Gasteiger charge is -2.29. The van der Waals surface area contributed by atoms with Gasteiger partial charge in [-0.2, -0.15) is 10.1 Å². The number of nitrogens with zero attached hydrogens (tertiary/aromatic N) is 4. The molecule has 1 fully saturated rings. The average Bonchev–Trinajstić information content (AvgIpc) is 3.31. The molecule has 0 radical (unpaired) electrons. The van der Waals surface area contributed by atoms with Crippen LogP contribution in [0.5, 0.6) is 0 Å². The first-order valence-corrected chi connectivity index (χ1v) is 13.6. The zero-order valence-electron chi connectivity index (χ0n) is 22.1. The molecule has 10 heteroatoms. The van der Waals surface area contributed by atoms with Gasteiger partial charge in [-0.1, -0.05) is 43.7 Å². The van der Waals surface area contributed by atoms with Crippen LogP contribution in [0.25, 0.3) is 11.0 Å². The van der Waals surface area contributed by atoms with E-state index in [1.165, 1.54) is 12.1 Å². The highest BCUT2D eigenvalue weighted by Gasteiger charge is 2.27. The van der Waals surface area contributed by atoms with Gasteiger partial charge < -0.3 is 20.7 Å². The number of hydrogen-bond donors (Lipinski definition) is 3. The van der Waals surface area contributed by atoms with Crippen LogP contribution in [0, 0.1) is 5.82 Å². The van der Waals surface area contributed by atoms with Crippen LogP contribution in [-0.2, 0) is 11.3 Å². The fourth-order valence-electron chi connectivity index (χ4n) is 4.80. The van der Waals surface area contributed by atoms with Crippen molar-refractivity contribution in [3.63, 3.8) is 0 Å². The van der Waals surface area contributed by atoms with Gasteiger partial charge in [0.1, 0.15) is 12.4 Å². The topological polar surface area (TPSA) is 106 Å². The second-order valence-electron chi connectivity index (χ2n) is 9.85. The molecule has 0 atom stereocenters. The van der Waals surface area contributed by atoms with E-state index in [0.29, 0.717) is 11.8 Å². The van der Waals surface area contributed by atoms with Gasteiger partial charge in [0.25, 0.3) is 0 Å². The van der Waals surface area contributed by atoms with Crippen LogP contribution >= 0.6 is 0 Å². The number of unbranched alkanes of at least 4 members (excludes halogenated alkanes) is 1. The largest absolute Gasteiger partial charge is 0.445 e.